The number of rotatable bonds is 1. The van der Waals surface area contributed by atoms with Crippen LogP contribution in [-0.2, 0) is 0 Å². The lowest BCUT2D eigenvalue weighted by Gasteiger charge is -2.00. The first-order valence-corrected chi connectivity index (χ1v) is 5.35. The normalized spacial score (nSPS) is 11.0. The number of nitrogens with one attached hydrogen (secondary N) is 2. The number of hydrogen-bond donors (Lipinski definition) is 2. The van der Waals surface area contributed by atoms with E-state index in [2.05, 4.69) is 19.9 Å². The summed E-state index contributed by atoms with van der Waals surface area (Å²) in [5, 5.41) is 0. The van der Waals surface area contributed by atoms with Gasteiger partial charge < -0.3 is 9.97 Å². The number of aromatic nitrogens is 4. The zero-order valence-electron chi connectivity index (χ0n) is 9.49. The molecule has 0 bridgehead atoms. The summed E-state index contributed by atoms with van der Waals surface area (Å²) in [6.07, 6.45) is 1.19. The second-order valence-corrected chi connectivity index (χ2v) is 3.96. The Labute approximate surface area is 101 Å². The zero-order valence-corrected chi connectivity index (χ0v) is 9.49. The van der Waals surface area contributed by atoms with Crippen molar-refractivity contribution in [3.63, 3.8) is 0 Å². The maximum atomic E-state index is 13.6. The molecule has 90 valence electrons. The molecule has 0 saturated heterocycles. The number of aromatic amines is 2. The number of hydrogen-bond acceptors (Lipinski definition) is 3. The van der Waals surface area contributed by atoms with Gasteiger partial charge in [0.25, 0.3) is 5.56 Å². The second kappa shape index (κ2) is 3.76. The predicted octanol–water partition coefficient (Wildman–Crippen LogP) is 1.76. The summed E-state index contributed by atoms with van der Waals surface area (Å²) in [6, 6.07) is 5.06. The minimum Gasteiger partial charge on any atom is -0.319 e. The highest BCUT2D eigenvalue weighted by Gasteiger charge is 2.10. The summed E-state index contributed by atoms with van der Waals surface area (Å²) in [5.74, 6) is 0.0355. The highest BCUT2D eigenvalue weighted by Crippen LogP contribution is 2.22. The molecule has 5 nitrogen and oxygen atoms in total. The van der Waals surface area contributed by atoms with Gasteiger partial charge in [-0.2, -0.15) is 4.39 Å². The molecule has 2 N–H and O–H groups in total. The standard InChI is InChI=1S/C12H9FN4O/c1-6-15-11(12(13)16-6)7-2-3-8-9(4-7)14-5-10(18)17-8/h2-5H,1H3,(H,15,16)(H,17,18). The van der Waals surface area contributed by atoms with E-state index in [-0.39, 0.29) is 11.3 Å². The van der Waals surface area contributed by atoms with Crippen LogP contribution in [0.25, 0.3) is 22.3 Å². The van der Waals surface area contributed by atoms with Gasteiger partial charge in [-0.25, -0.2) is 9.97 Å². The van der Waals surface area contributed by atoms with Crippen LogP contribution in [0, 0.1) is 12.9 Å². The van der Waals surface area contributed by atoms with Crippen molar-refractivity contribution in [1.82, 2.24) is 19.9 Å². The lowest BCUT2D eigenvalue weighted by Crippen LogP contribution is -2.04. The predicted molar refractivity (Wildman–Crippen MR) is 64.6 cm³/mol. The molecule has 3 aromatic rings. The molecule has 0 aliphatic heterocycles. The fourth-order valence-corrected chi connectivity index (χ4v) is 1.84. The summed E-state index contributed by atoms with van der Waals surface area (Å²) in [6.45, 7) is 1.68. The van der Waals surface area contributed by atoms with Crippen molar-refractivity contribution >= 4 is 11.0 Å². The van der Waals surface area contributed by atoms with Gasteiger partial charge >= 0.3 is 0 Å². The Kier molecular flexibility index (Phi) is 2.22. The smallest absolute Gasteiger partial charge is 0.266 e. The molecule has 0 radical (unpaired) electrons. The minimum absolute atomic E-state index is 0.252. The first-order chi connectivity index (χ1) is 8.63. The van der Waals surface area contributed by atoms with Crippen molar-refractivity contribution in [3.05, 3.63) is 46.5 Å². The van der Waals surface area contributed by atoms with Crippen LogP contribution >= 0.6 is 0 Å². The monoisotopic (exact) mass is 244 g/mol. The van der Waals surface area contributed by atoms with Crippen molar-refractivity contribution in [2.24, 2.45) is 0 Å². The number of halogens is 1. The van der Waals surface area contributed by atoms with Crippen LogP contribution in [0.15, 0.2) is 29.2 Å². The van der Waals surface area contributed by atoms with Gasteiger partial charge in [0.2, 0.25) is 5.95 Å². The van der Waals surface area contributed by atoms with Crippen molar-refractivity contribution in [2.75, 3.05) is 0 Å². The molecule has 0 amide bonds. The Morgan fingerprint density at radius 2 is 2.11 bits per heavy atom. The zero-order chi connectivity index (χ0) is 12.7. The Morgan fingerprint density at radius 3 is 2.83 bits per heavy atom. The number of nitrogens with zero attached hydrogens (tertiary/aromatic N) is 2. The van der Waals surface area contributed by atoms with Gasteiger partial charge in [-0.3, -0.25) is 4.79 Å². The summed E-state index contributed by atoms with van der Waals surface area (Å²) in [7, 11) is 0. The molecule has 6 heteroatoms. The van der Waals surface area contributed by atoms with Gasteiger partial charge in [-0.15, -0.1) is 0 Å². The van der Waals surface area contributed by atoms with Crippen LogP contribution < -0.4 is 5.56 Å². The van der Waals surface area contributed by atoms with E-state index in [9.17, 15) is 9.18 Å². The molecule has 0 unspecified atom stereocenters. The number of fused-ring (bicyclic) bond motifs is 1. The van der Waals surface area contributed by atoms with E-state index in [0.717, 1.165) is 0 Å². The first-order valence-electron chi connectivity index (χ1n) is 5.35. The lowest BCUT2D eigenvalue weighted by molar-refractivity contribution is 0.592. The Morgan fingerprint density at radius 1 is 1.28 bits per heavy atom. The van der Waals surface area contributed by atoms with Gasteiger partial charge in [0.1, 0.15) is 11.5 Å². The van der Waals surface area contributed by atoms with E-state index in [0.29, 0.717) is 22.4 Å². The second-order valence-electron chi connectivity index (χ2n) is 3.96. The Balaban J connectivity index is 2.22. The van der Waals surface area contributed by atoms with E-state index in [1.165, 1.54) is 6.20 Å². The fourth-order valence-electron chi connectivity index (χ4n) is 1.84. The average molecular weight is 244 g/mol. The van der Waals surface area contributed by atoms with E-state index in [4.69, 9.17) is 0 Å². The van der Waals surface area contributed by atoms with E-state index in [1.54, 1.807) is 25.1 Å². The van der Waals surface area contributed by atoms with E-state index in [1.807, 2.05) is 0 Å². The summed E-state index contributed by atoms with van der Waals surface area (Å²) in [4.78, 5) is 24.3. The van der Waals surface area contributed by atoms with Gasteiger partial charge in [-0.1, -0.05) is 6.07 Å². The molecule has 0 saturated carbocycles. The molecular weight excluding hydrogens is 235 g/mol. The Bertz CT molecular complexity index is 790. The molecule has 0 aliphatic carbocycles. The SMILES string of the molecule is Cc1nc(-c2ccc3[nH]c(=O)cnc3c2)c(F)[nH]1. The quantitative estimate of drug-likeness (QED) is 0.685. The molecule has 0 atom stereocenters. The Hall–Kier alpha value is -2.50. The summed E-state index contributed by atoms with van der Waals surface area (Å²) >= 11 is 0. The largest absolute Gasteiger partial charge is 0.319 e. The van der Waals surface area contributed by atoms with E-state index < -0.39 is 5.95 Å². The fraction of sp³-hybridized carbons (Fsp3) is 0.0833. The third-order valence-corrected chi connectivity index (χ3v) is 2.63. The number of imidazole rings is 1. The molecule has 3 rings (SSSR count). The first kappa shape index (κ1) is 10.6. The molecule has 0 aliphatic rings. The summed E-state index contributed by atoms with van der Waals surface area (Å²) < 4.78 is 13.6. The molecule has 0 fully saturated rings. The molecule has 18 heavy (non-hydrogen) atoms. The highest BCUT2D eigenvalue weighted by atomic mass is 19.1. The number of aryl methyl sites for hydroxylation is 1. The van der Waals surface area contributed by atoms with Crippen molar-refractivity contribution in [3.8, 4) is 11.3 Å². The average Bonchev–Trinajstić information content (AvgIpc) is 2.68. The van der Waals surface area contributed by atoms with Crippen LogP contribution in [0.5, 0.6) is 0 Å². The number of H-pyrrole nitrogens is 2. The molecule has 2 heterocycles. The van der Waals surface area contributed by atoms with Crippen LogP contribution in [0.2, 0.25) is 0 Å². The lowest BCUT2D eigenvalue weighted by atomic mass is 10.1. The highest BCUT2D eigenvalue weighted by molar-refractivity contribution is 5.80. The van der Waals surface area contributed by atoms with Crippen molar-refractivity contribution in [1.29, 1.82) is 0 Å². The maximum Gasteiger partial charge on any atom is 0.266 e. The minimum atomic E-state index is -0.476. The van der Waals surface area contributed by atoms with Gasteiger partial charge in [-0.05, 0) is 19.1 Å². The third kappa shape index (κ3) is 1.67. The molecule has 0 spiro atoms. The van der Waals surface area contributed by atoms with Crippen molar-refractivity contribution in [2.45, 2.75) is 6.92 Å². The van der Waals surface area contributed by atoms with Gasteiger partial charge in [0.15, 0.2) is 0 Å². The maximum absolute atomic E-state index is 13.6. The van der Waals surface area contributed by atoms with Crippen LogP contribution in [-0.4, -0.2) is 19.9 Å². The van der Waals surface area contributed by atoms with Crippen LogP contribution in [0.4, 0.5) is 4.39 Å². The molecule has 2 aromatic heterocycles. The van der Waals surface area contributed by atoms with E-state index >= 15 is 0 Å². The van der Waals surface area contributed by atoms with Crippen LogP contribution in [0.3, 0.4) is 0 Å². The van der Waals surface area contributed by atoms with Crippen LogP contribution in [0.1, 0.15) is 5.82 Å². The number of benzene rings is 1. The van der Waals surface area contributed by atoms with Crippen molar-refractivity contribution < 1.29 is 4.39 Å². The molecule has 1 aromatic carbocycles. The topological polar surface area (TPSA) is 74.4 Å². The molecular formula is C12H9FN4O. The van der Waals surface area contributed by atoms with Gasteiger partial charge in [0.05, 0.1) is 17.2 Å². The summed E-state index contributed by atoms with van der Waals surface area (Å²) in [5.41, 5.74) is 1.80. The van der Waals surface area contributed by atoms with Gasteiger partial charge in [0, 0.05) is 5.56 Å². The third-order valence-electron chi connectivity index (χ3n) is 2.63.